The first-order valence-corrected chi connectivity index (χ1v) is 7.40. The number of rotatable bonds is 6. The van der Waals surface area contributed by atoms with Gasteiger partial charge in [0.2, 0.25) is 0 Å². The summed E-state index contributed by atoms with van der Waals surface area (Å²) in [6, 6.07) is 3.47. The number of aryl methyl sites for hydroxylation is 1. The molecule has 0 radical (unpaired) electrons. The Balaban J connectivity index is 1.94. The van der Waals surface area contributed by atoms with Crippen molar-refractivity contribution >= 4 is 23.1 Å². The molecule has 2 aromatic rings. The molecule has 5 nitrogen and oxygen atoms in total. The van der Waals surface area contributed by atoms with Crippen LogP contribution < -0.4 is 10.6 Å². The van der Waals surface area contributed by atoms with Crippen LogP contribution in [0.1, 0.15) is 33.6 Å². The summed E-state index contributed by atoms with van der Waals surface area (Å²) in [7, 11) is 0. The maximum absolute atomic E-state index is 12.1. The molecule has 0 bridgehead atoms. The standard InChI is InChI=1S/C14H18N4OS/c1-3-5-15-12-7-11(4-6-16-12)14(19)18-9-13-17-8-10(2)20-13/h4,6-8H,3,5,9H2,1-2H3,(H,15,16)(H,18,19). The van der Waals surface area contributed by atoms with Gasteiger partial charge in [0.05, 0.1) is 6.54 Å². The first-order chi connectivity index (χ1) is 9.69. The summed E-state index contributed by atoms with van der Waals surface area (Å²) in [5.74, 6) is 0.615. The second kappa shape index (κ2) is 7.00. The summed E-state index contributed by atoms with van der Waals surface area (Å²) in [4.78, 5) is 21.6. The molecule has 106 valence electrons. The minimum atomic E-state index is -0.111. The Morgan fingerprint density at radius 2 is 2.25 bits per heavy atom. The van der Waals surface area contributed by atoms with E-state index in [1.54, 1.807) is 29.7 Å². The van der Waals surface area contributed by atoms with Gasteiger partial charge in [-0.2, -0.15) is 0 Å². The maximum atomic E-state index is 12.1. The number of carbonyl (C=O) groups excluding carboxylic acids is 1. The molecule has 0 atom stereocenters. The number of amides is 1. The average Bonchev–Trinajstić information content (AvgIpc) is 2.88. The Hall–Kier alpha value is -1.95. The summed E-state index contributed by atoms with van der Waals surface area (Å²) in [6.07, 6.45) is 4.47. The van der Waals surface area contributed by atoms with Crippen LogP contribution in [0.3, 0.4) is 0 Å². The van der Waals surface area contributed by atoms with E-state index in [9.17, 15) is 4.79 Å². The zero-order valence-electron chi connectivity index (χ0n) is 11.6. The summed E-state index contributed by atoms with van der Waals surface area (Å²) >= 11 is 1.59. The third-order valence-corrected chi connectivity index (χ3v) is 3.56. The average molecular weight is 290 g/mol. The minimum absolute atomic E-state index is 0.111. The fourth-order valence-electron chi connectivity index (χ4n) is 1.66. The monoisotopic (exact) mass is 290 g/mol. The van der Waals surface area contributed by atoms with E-state index in [-0.39, 0.29) is 5.91 Å². The minimum Gasteiger partial charge on any atom is -0.370 e. The molecule has 0 fully saturated rings. The highest BCUT2D eigenvalue weighted by Gasteiger charge is 2.07. The molecule has 0 saturated carbocycles. The number of hydrogen-bond donors (Lipinski definition) is 2. The van der Waals surface area contributed by atoms with Gasteiger partial charge in [-0.15, -0.1) is 11.3 Å². The van der Waals surface area contributed by atoms with Gasteiger partial charge in [-0.1, -0.05) is 6.92 Å². The molecule has 2 heterocycles. The lowest BCUT2D eigenvalue weighted by atomic mass is 10.2. The van der Waals surface area contributed by atoms with Gasteiger partial charge in [0.1, 0.15) is 10.8 Å². The van der Waals surface area contributed by atoms with Crippen LogP contribution >= 0.6 is 11.3 Å². The highest BCUT2D eigenvalue weighted by molar-refractivity contribution is 7.11. The SMILES string of the molecule is CCCNc1cc(C(=O)NCc2ncc(C)s2)ccn1. The summed E-state index contributed by atoms with van der Waals surface area (Å²) in [5.41, 5.74) is 0.604. The molecule has 2 N–H and O–H groups in total. The highest BCUT2D eigenvalue weighted by atomic mass is 32.1. The van der Waals surface area contributed by atoms with Crippen molar-refractivity contribution in [3.05, 3.63) is 40.0 Å². The third-order valence-electron chi connectivity index (χ3n) is 2.65. The molecular weight excluding hydrogens is 272 g/mol. The Morgan fingerprint density at radius 3 is 2.95 bits per heavy atom. The van der Waals surface area contributed by atoms with Crippen LogP contribution in [0, 0.1) is 6.92 Å². The van der Waals surface area contributed by atoms with Crippen LogP contribution in [0.25, 0.3) is 0 Å². The van der Waals surface area contributed by atoms with Crippen molar-refractivity contribution in [1.29, 1.82) is 0 Å². The van der Waals surface area contributed by atoms with Crippen LogP contribution in [0.5, 0.6) is 0 Å². The Bertz CT molecular complexity index is 582. The van der Waals surface area contributed by atoms with E-state index in [0.29, 0.717) is 12.1 Å². The lowest BCUT2D eigenvalue weighted by molar-refractivity contribution is 0.0951. The van der Waals surface area contributed by atoms with E-state index >= 15 is 0 Å². The smallest absolute Gasteiger partial charge is 0.251 e. The predicted octanol–water partition coefficient (Wildman–Crippen LogP) is 2.60. The van der Waals surface area contributed by atoms with Gasteiger partial charge in [-0.25, -0.2) is 9.97 Å². The summed E-state index contributed by atoms with van der Waals surface area (Å²) < 4.78 is 0. The molecular formula is C14H18N4OS. The Morgan fingerprint density at radius 1 is 1.40 bits per heavy atom. The van der Waals surface area contributed by atoms with Crippen LogP contribution in [0.2, 0.25) is 0 Å². The summed E-state index contributed by atoms with van der Waals surface area (Å²) in [5, 5.41) is 6.94. The number of thiazole rings is 1. The van der Waals surface area contributed by atoms with E-state index in [1.807, 2.05) is 13.1 Å². The van der Waals surface area contributed by atoms with Gasteiger partial charge in [-0.3, -0.25) is 4.79 Å². The fraction of sp³-hybridized carbons (Fsp3) is 0.357. The quantitative estimate of drug-likeness (QED) is 0.858. The van der Waals surface area contributed by atoms with Crippen LogP contribution in [-0.4, -0.2) is 22.4 Å². The van der Waals surface area contributed by atoms with Crippen molar-refractivity contribution < 1.29 is 4.79 Å². The number of aromatic nitrogens is 2. The van der Waals surface area contributed by atoms with E-state index < -0.39 is 0 Å². The molecule has 6 heteroatoms. The molecule has 1 amide bonds. The third kappa shape index (κ3) is 4.03. The van der Waals surface area contributed by atoms with Gasteiger partial charge in [0.25, 0.3) is 5.91 Å². The summed E-state index contributed by atoms with van der Waals surface area (Å²) in [6.45, 7) is 5.38. The van der Waals surface area contributed by atoms with Crippen LogP contribution in [-0.2, 0) is 6.54 Å². The van der Waals surface area contributed by atoms with E-state index in [0.717, 1.165) is 28.7 Å². The molecule has 20 heavy (non-hydrogen) atoms. The number of pyridine rings is 1. The fourth-order valence-corrected chi connectivity index (χ4v) is 2.39. The van der Waals surface area contributed by atoms with Crippen molar-refractivity contribution in [1.82, 2.24) is 15.3 Å². The van der Waals surface area contributed by atoms with Crippen LogP contribution in [0.15, 0.2) is 24.5 Å². The zero-order chi connectivity index (χ0) is 14.4. The van der Waals surface area contributed by atoms with Crippen molar-refractivity contribution in [3.63, 3.8) is 0 Å². The van der Waals surface area contributed by atoms with E-state index in [4.69, 9.17) is 0 Å². The number of hydrogen-bond acceptors (Lipinski definition) is 5. The van der Waals surface area contributed by atoms with E-state index in [2.05, 4.69) is 27.5 Å². The first kappa shape index (κ1) is 14.5. The van der Waals surface area contributed by atoms with Gasteiger partial charge >= 0.3 is 0 Å². The number of nitrogens with one attached hydrogen (secondary N) is 2. The molecule has 2 rings (SSSR count). The number of nitrogens with zero attached hydrogens (tertiary/aromatic N) is 2. The van der Waals surface area contributed by atoms with Crippen molar-refractivity contribution in [2.75, 3.05) is 11.9 Å². The molecule has 0 saturated heterocycles. The van der Waals surface area contributed by atoms with Gasteiger partial charge in [0, 0.05) is 29.4 Å². The van der Waals surface area contributed by atoms with Crippen molar-refractivity contribution in [2.45, 2.75) is 26.8 Å². The lowest BCUT2D eigenvalue weighted by Gasteiger charge is -2.06. The largest absolute Gasteiger partial charge is 0.370 e. The number of anilines is 1. The molecule has 0 aliphatic rings. The second-order valence-corrected chi connectivity index (χ2v) is 5.72. The van der Waals surface area contributed by atoms with Gasteiger partial charge < -0.3 is 10.6 Å². The second-order valence-electron chi connectivity index (χ2n) is 4.40. The molecule has 0 aromatic carbocycles. The Kier molecular flexibility index (Phi) is 5.06. The highest BCUT2D eigenvalue weighted by Crippen LogP contribution is 2.11. The normalized spacial score (nSPS) is 10.3. The van der Waals surface area contributed by atoms with Gasteiger partial charge in [0.15, 0.2) is 0 Å². The van der Waals surface area contributed by atoms with Crippen LogP contribution in [0.4, 0.5) is 5.82 Å². The van der Waals surface area contributed by atoms with E-state index in [1.165, 1.54) is 0 Å². The molecule has 0 aliphatic heterocycles. The predicted molar refractivity (Wildman–Crippen MR) is 81.0 cm³/mol. The number of carbonyl (C=O) groups is 1. The molecule has 2 aromatic heterocycles. The van der Waals surface area contributed by atoms with Crippen molar-refractivity contribution in [2.24, 2.45) is 0 Å². The lowest BCUT2D eigenvalue weighted by Crippen LogP contribution is -2.22. The zero-order valence-corrected chi connectivity index (χ0v) is 12.5. The van der Waals surface area contributed by atoms with Crippen molar-refractivity contribution in [3.8, 4) is 0 Å². The molecule has 0 spiro atoms. The Labute approximate surface area is 122 Å². The first-order valence-electron chi connectivity index (χ1n) is 6.58. The molecule has 0 unspecified atom stereocenters. The van der Waals surface area contributed by atoms with Gasteiger partial charge in [-0.05, 0) is 25.5 Å². The molecule has 0 aliphatic carbocycles. The maximum Gasteiger partial charge on any atom is 0.251 e. The topological polar surface area (TPSA) is 66.9 Å².